The largest absolute Gasteiger partial charge is 0.399 e. The fourth-order valence-corrected chi connectivity index (χ4v) is 3.82. The highest BCUT2D eigenvalue weighted by atomic mass is 16.2. The lowest BCUT2D eigenvalue weighted by molar-refractivity contribution is -0.117. The number of benzene rings is 1. The predicted octanol–water partition coefficient (Wildman–Crippen LogP) is 6.33. The van der Waals surface area contributed by atoms with Crippen molar-refractivity contribution in [2.45, 2.75) is 80.2 Å². The summed E-state index contributed by atoms with van der Waals surface area (Å²) in [5.41, 5.74) is 11.6. The number of fused-ring (bicyclic) bond motifs is 1. The highest BCUT2D eigenvalue weighted by molar-refractivity contribution is 5.93. The molecule has 29 heavy (non-hydrogen) atoms. The van der Waals surface area contributed by atoms with Gasteiger partial charge in [0, 0.05) is 24.4 Å². The summed E-state index contributed by atoms with van der Waals surface area (Å²) in [6.07, 6.45) is 12.1. The Balaban J connectivity index is 0.000000331. The summed E-state index contributed by atoms with van der Waals surface area (Å²) in [6.45, 7) is 14.5. The molecule has 0 saturated carbocycles. The van der Waals surface area contributed by atoms with Crippen molar-refractivity contribution < 1.29 is 4.79 Å². The summed E-state index contributed by atoms with van der Waals surface area (Å²) < 4.78 is 0. The third kappa shape index (κ3) is 7.56. The number of nitrogens with zero attached hydrogens (tertiary/aromatic N) is 1. The van der Waals surface area contributed by atoms with Crippen LogP contribution in [0.25, 0.3) is 0 Å². The number of anilines is 1. The maximum atomic E-state index is 12.0. The van der Waals surface area contributed by atoms with E-state index in [2.05, 4.69) is 59.7 Å². The minimum atomic E-state index is 0.166. The molecule has 0 bridgehead atoms. The first-order chi connectivity index (χ1) is 13.7. The van der Waals surface area contributed by atoms with Gasteiger partial charge < -0.3 is 10.6 Å². The van der Waals surface area contributed by atoms with Crippen molar-refractivity contribution in [1.29, 1.82) is 0 Å². The molecule has 2 atom stereocenters. The zero-order chi connectivity index (χ0) is 22.0. The minimum absolute atomic E-state index is 0.166. The zero-order valence-electron chi connectivity index (χ0n) is 19.5. The molecule has 0 fully saturated rings. The maximum Gasteiger partial charge on any atom is 0.224 e. The third-order valence-corrected chi connectivity index (χ3v) is 5.26. The molecule has 3 nitrogen and oxygen atoms in total. The first-order valence-corrected chi connectivity index (χ1v) is 10.9. The molecule has 0 unspecified atom stereocenters. The Hall–Kier alpha value is -2.29. The van der Waals surface area contributed by atoms with Crippen LogP contribution in [0.2, 0.25) is 0 Å². The molecule has 1 aliphatic rings. The van der Waals surface area contributed by atoms with Gasteiger partial charge in [0.25, 0.3) is 0 Å². The molecular formula is C26H40N2O. The van der Waals surface area contributed by atoms with Gasteiger partial charge in [0.05, 0.1) is 0 Å². The van der Waals surface area contributed by atoms with Gasteiger partial charge in [-0.3, -0.25) is 4.79 Å². The number of carbonyl (C=O) groups excluding carboxylic acids is 1. The van der Waals surface area contributed by atoms with E-state index in [9.17, 15) is 4.79 Å². The van der Waals surface area contributed by atoms with Gasteiger partial charge in [0.2, 0.25) is 5.91 Å². The van der Waals surface area contributed by atoms with Crippen molar-refractivity contribution in [2.75, 3.05) is 4.90 Å². The number of nitrogens with two attached hydrogens (primary N) is 1. The van der Waals surface area contributed by atoms with Crippen LogP contribution < -0.4 is 10.6 Å². The van der Waals surface area contributed by atoms with Crippen LogP contribution in [0.3, 0.4) is 0 Å². The number of aryl methyl sites for hydroxylation is 1. The van der Waals surface area contributed by atoms with Crippen molar-refractivity contribution in [1.82, 2.24) is 0 Å². The Labute approximate surface area is 178 Å². The van der Waals surface area contributed by atoms with E-state index < -0.39 is 0 Å². The lowest BCUT2D eigenvalue weighted by Crippen LogP contribution is -2.46. The summed E-state index contributed by atoms with van der Waals surface area (Å²) in [5.74, 6) is 0.706. The van der Waals surface area contributed by atoms with E-state index in [0.29, 0.717) is 12.0 Å². The Morgan fingerprint density at radius 1 is 1.21 bits per heavy atom. The van der Waals surface area contributed by atoms with Gasteiger partial charge in [-0.25, -0.2) is 0 Å². The first kappa shape index (κ1) is 24.7. The quantitative estimate of drug-likeness (QED) is 0.591. The fourth-order valence-electron chi connectivity index (χ4n) is 3.82. The van der Waals surface area contributed by atoms with Gasteiger partial charge in [0.15, 0.2) is 0 Å². The van der Waals surface area contributed by atoms with E-state index in [1.54, 1.807) is 6.92 Å². The molecule has 2 N–H and O–H groups in total. The van der Waals surface area contributed by atoms with E-state index in [1.807, 2.05) is 29.2 Å². The number of rotatable bonds is 5. The van der Waals surface area contributed by atoms with Gasteiger partial charge in [-0.15, -0.1) is 0 Å². The number of carbonyl (C=O) groups is 1. The van der Waals surface area contributed by atoms with Crippen LogP contribution in [0.5, 0.6) is 0 Å². The van der Waals surface area contributed by atoms with E-state index in [4.69, 9.17) is 5.73 Å². The van der Waals surface area contributed by atoms with Gasteiger partial charge in [0.1, 0.15) is 0 Å². The summed E-state index contributed by atoms with van der Waals surface area (Å²) in [7, 11) is 0. The van der Waals surface area contributed by atoms with Crippen molar-refractivity contribution in [2.24, 2.45) is 11.7 Å². The van der Waals surface area contributed by atoms with Gasteiger partial charge >= 0.3 is 0 Å². The number of allylic oxidation sites excluding steroid dienone is 5. The van der Waals surface area contributed by atoms with Crippen molar-refractivity contribution in [3.63, 3.8) is 0 Å². The molecular weight excluding hydrogens is 356 g/mol. The van der Waals surface area contributed by atoms with Crippen LogP contribution in [-0.4, -0.2) is 11.9 Å². The molecule has 2 rings (SSSR count). The van der Waals surface area contributed by atoms with E-state index >= 15 is 0 Å². The minimum Gasteiger partial charge on any atom is -0.399 e. The van der Waals surface area contributed by atoms with Crippen molar-refractivity contribution >= 4 is 11.6 Å². The van der Waals surface area contributed by atoms with Crippen LogP contribution in [0.4, 0.5) is 5.69 Å². The molecule has 1 aromatic carbocycles. The third-order valence-electron chi connectivity index (χ3n) is 5.26. The molecule has 0 aliphatic carbocycles. The fraction of sp³-hybridized carbons (Fsp3) is 0.500. The Morgan fingerprint density at radius 2 is 1.90 bits per heavy atom. The van der Waals surface area contributed by atoms with E-state index in [-0.39, 0.29) is 5.91 Å². The normalized spacial score (nSPS) is 18.7. The van der Waals surface area contributed by atoms with Crippen LogP contribution in [-0.2, 0) is 17.6 Å². The predicted molar refractivity (Wildman–Crippen MR) is 127 cm³/mol. The summed E-state index contributed by atoms with van der Waals surface area (Å²) in [6, 6.07) is 6.90. The van der Waals surface area contributed by atoms with E-state index in [1.165, 1.54) is 16.7 Å². The summed E-state index contributed by atoms with van der Waals surface area (Å²) >= 11 is 0. The molecule has 1 aliphatic heterocycles. The zero-order valence-corrected chi connectivity index (χ0v) is 19.5. The molecule has 0 saturated heterocycles. The highest BCUT2D eigenvalue weighted by Gasteiger charge is 2.32. The smallest absolute Gasteiger partial charge is 0.224 e. The lowest BCUT2D eigenvalue weighted by atomic mass is 9.84. The average molecular weight is 397 g/mol. The monoisotopic (exact) mass is 396 g/mol. The number of amides is 1. The molecule has 1 heterocycles. The first-order valence-electron chi connectivity index (χ1n) is 10.9. The molecule has 1 amide bonds. The van der Waals surface area contributed by atoms with Crippen LogP contribution >= 0.6 is 0 Å². The van der Waals surface area contributed by atoms with Gasteiger partial charge in [-0.05, 0) is 68.7 Å². The van der Waals surface area contributed by atoms with Crippen molar-refractivity contribution in [3.8, 4) is 0 Å². The second kappa shape index (κ2) is 12.3. The van der Waals surface area contributed by atoms with Crippen LogP contribution in [0.15, 0.2) is 53.8 Å². The standard InChI is InChI=1S/C16H23NO.C10H17N/c1-5-13-7-8-16-14(10-13)9-11(3)15(6-2)17(16)12(4)18;1-4-6-10(11)8-5-7-9(2)3/h7-8,10-11,15H,5-6,9H2,1-4H3;5-8H,4,11H2,1-3H3/b;8-5-,10-6-/t11-,15+;/m1./s1. The van der Waals surface area contributed by atoms with Gasteiger partial charge in [-0.2, -0.15) is 0 Å². The van der Waals surface area contributed by atoms with Gasteiger partial charge in [-0.1, -0.05) is 63.6 Å². The Morgan fingerprint density at radius 3 is 2.41 bits per heavy atom. The van der Waals surface area contributed by atoms with Crippen LogP contribution in [0, 0.1) is 5.92 Å². The Bertz CT molecular complexity index is 754. The molecule has 160 valence electrons. The average Bonchev–Trinajstić information content (AvgIpc) is 2.66. The van der Waals surface area contributed by atoms with Crippen LogP contribution in [0.1, 0.15) is 72.4 Å². The Kier molecular flexibility index (Phi) is 10.5. The maximum absolute atomic E-state index is 12.0. The second-order valence-electron chi connectivity index (χ2n) is 8.08. The SMILES string of the molecule is CC/C=C(N)/C=C\C=C(C)C.CCc1ccc2c(c1)C[C@@H](C)[C@H](CC)N2C(C)=O. The topological polar surface area (TPSA) is 46.3 Å². The summed E-state index contributed by atoms with van der Waals surface area (Å²) in [4.78, 5) is 14.0. The molecule has 0 aromatic heterocycles. The molecule has 1 aromatic rings. The summed E-state index contributed by atoms with van der Waals surface area (Å²) in [5, 5.41) is 0. The van der Waals surface area contributed by atoms with Crippen molar-refractivity contribution in [3.05, 3.63) is 64.9 Å². The highest BCUT2D eigenvalue weighted by Crippen LogP contribution is 2.35. The van der Waals surface area contributed by atoms with E-state index in [0.717, 1.165) is 37.1 Å². The molecule has 0 spiro atoms. The molecule has 3 heteroatoms. The second-order valence-corrected chi connectivity index (χ2v) is 8.08. The number of hydrogen-bond acceptors (Lipinski definition) is 2. The lowest BCUT2D eigenvalue weighted by Gasteiger charge is -2.40. The molecule has 0 radical (unpaired) electrons. The number of hydrogen-bond donors (Lipinski definition) is 1.